The van der Waals surface area contributed by atoms with Gasteiger partial charge < -0.3 is 15.0 Å². The topological polar surface area (TPSA) is 92.8 Å². The number of carbonyl (C=O) groups is 1. The summed E-state index contributed by atoms with van der Waals surface area (Å²) in [7, 11) is 1.58. The lowest BCUT2D eigenvalue weighted by Gasteiger charge is -2.09. The van der Waals surface area contributed by atoms with Crippen LogP contribution in [0.3, 0.4) is 0 Å². The molecule has 146 valence electrons. The molecular formula is C20H15Cl2N5O2. The summed E-state index contributed by atoms with van der Waals surface area (Å²) in [6.45, 7) is 0. The van der Waals surface area contributed by atoms with Crippen LogP contribution in [0.25, 0.3) is 22.4 Å². The van der Waals surface area contributed by atoms with Gasteiger partial charge in [-0.25, -0.2) is 4.98 Å². The van der Waals surface area contributed by atoms with Crippen LogP contribution in [0.1, 0.15) is 5.56 Å². The molecule has 2 N–H and O–H groups in total. The van der Waals surface area contributed by atoms with Crippen LogP contribution in [-0.4, -0.2) is 33.0 Å². The van der Waals surface area contributed by atoms with E-state index < -0.39 is 0 Å². The van der Waals surface area contributed by atoms with E-state index in [1.54, 1.807) is 25.6 Å². The third-order valence-corrected chi connectivity index (χ3v) is 4.89. The minimum absolute atomic E-state index is 0.0762. The highest BCUT2D eigenvalue weighted by atomic mass is 35.5. The van der Waals surface area contributed by atoms with E-state index in [1.807, 2.05) is 18.2 Å². The van der Waals surface area contributed by atoms with Gasteiger partial charge in [0.1, 0.15) is 17.1 Å². The largest absolute Gasteiger partial charge is 0.494 e. The van der Waals surface area contributed by atoms with Crippen molar-refractivity contribution in [1.82, 2.24) is 19.9 Å². The molecule has 1 aromatic carbocycles. The van der Waals surface area contributed by atoms with Crippen molar-refractivity contribution in [3.05, 3.63) is 64.7 Å². The predicted octanol–water partition coefficient (Wildman–Crippen LogP) is 4.52. The number of hydrogen-bond donors (Lipinski definition) is 2. The molecule has 9 heteroatoms. The number of hydrogen-bond acceptors (Lipinski definition) is 5. The molecule has 0 saturated heterocycles. The molecule has 0 aliphatic heterocycles. The van der Waals surface area contributed by atoms with Crippen LogP contribution in [0, 0.1) is 0 Å². The summed E-state index contributed by atoms with van der Waals surface area (Å²) in [4.78, 5) is 28.6. The molecule has 7 nitrogen and oxygen atoms in total. The van der Waals surface area contributed by atoms with Crippen molar-refractivity contribution >= 4 is 45.8 Å². The van der Waals surface area contributed by atoms with Gasteiger partial charge in [-0.1, -0.05) is 29.3 Å². The summed E-state index contributed by atoms with van der Waals surface area (Å²) in [5.74, 6) is 0.990. The number of aromatic amines is 1. The fourth-order valence-corrected chi connectivity index (χ4v) is 3.42. The Morgan fingerprint density at radius 1 is 1.14 bits per heavy atom. The maximum atomic E-state index is 12.6. The summed E-state index contributed by atoms with van der Waals surface area (Å²) < 4.78 is 5.43. The monoisotopic (exact) mass is 427 g/mol. The predicted molar refractivity (Wildman–Crippen MR) is 112 cm³/mol. The molecule has 0 fully saturated rings. The number of H-pyrrole nitrogens is 1. The Kier molecular flexibility index (Phi) is 5.33. The van der Waals surface area contributed by atoms with Crippen LogP contribution in [0.4, 0.5) is 5.69 Å². The summed E-state index contributed by atoms with van der Waals surface area (Å²) >= 11 is 12.2. The summed E-state index contributed by atoms with van der Waals surface area (Å²) in [6, 6.07) is 7.33. The highest BCUT2D eigenvalue weighted by Gasteiger charge is 2.17. The first-order valence-electron chi connectivity index (χ1n) is 8.61. The van der Waals surface area contributed by atoms with E-state index in [0.29, 0.717) is 28.3 Å². The molecule has 0 radical (unpaired) electrons. The SMILES string of the molecule is COc1ccc(CC(=O)Nc2c(Cl)cncc2Cl)c2nc(-c3cccnc3)[nH]c12. The van der Waals surface area contributed by atoms with Crippen molar-refractivity contribution in [2.75, 3.05) is 12.4 Å². The molecule has 4 rings (SSSR count). The van der Waals surface area contributed by atoms with Crippen molar-refractivity contribution in [2.45, 2.75) is 6.42 Å². The minimum atomic E-state index is -0.280. The molecular weight excluding hydrogens is 413 g/mol. The van der Waals surface area contributed by atoms with Gasteiger partial charge in [-0.15, -0.1) is 0 Å². The average molecular weight is 428 g/mol. The second kappa shape index (κ2) is 8.06. The quantitative estimate of drug-likeness (QED) is 0.488. The van der Waals surface area contributed by atoms with Gasteiger partial charge in [-0.05, 0) is 23.8 Å². The Morgan fingerprint density at radius 3 is 2.62 bits per heavy atom. The Labute approximate surface area is 176 Å². The number of aromatic nitrogens is 4. The Hall–Kier alpha value is -3.16. The molecule has 0 spiro atoms. The van der Waals surface area contributed by atoms with E-state index in [0.717, 1.165) is 11.1 Å². The number of ether oxygens (including phenoxy) is 1. The third kappa shape index (κ3) is 3.87. The number of carbonyl (C=O) groups excluding carboxylic acids is 1. The molecule has 3 heterocycles. The number of fused-ring (bicyclic) bond motifs is 1. The fourth-order valence-electron chi connectivity index (χ4n) is 2.96. The number of imidazole rings is 1. The van der Waals surface area contributed by atoms with E-state index in [2.05, 4.69) is 25.3 Å². The van der Waals surface area contributed by atoms with E-state index in [1.165, 1.54) is 12.4 Å². The zero-order valence-corrected chi connectivity index (χ0v) is 16.8. The van der Waals surface area contributed by atoms with Crippen LogP contribution < -0.4 is 10.1 Å². The number of nitrogens with one attached hydrogen (secondary N) is 2. The second-order valence-corrected chi connectivity index (χ2v) is 7.00. The van der Waals surface area contributed by atoms with E-state index in [9.17, 15) is 4.79 Å². The molecule has 3 aromatic heterocycles. The Morgan fingerprint density at radius 2 is 1.93 bits per heavy atom. The van der Waals surface area contributed by atoms with Gasteiger partial charge in [-0.3, -0.25) is 14.8 Å². The highest BCUT2D eigenvalue weighted by Crippen LogP contribution is 2.31. The second-order valence-electron chi connectivity index (χ2n) is 6.18. The van der Waals surface area contributed by atoms with Gasteiger partial charge in [0.2, 0.25) is 5.91 Å². The highest BCUT2D eigenvalue weighted by molar-refractivity contribution is 6.39. The zero-order valence-electron chi connectivity index (χ0n) is 15.2. The Balaban J connectivity index is 1.68. The van der Waals surface area contributed by atoms with Crippen molar-refractivity contribution in [3.63, 3.8) is 0 Å². The van der Waals surface area contributed by atoms with Crippen molar-refractivity contribution in [1.29, 1.82) is 0 Å². The molecule has 1 amide bonds. The van der Waals surface area contributed by atoms with E-state index >= 15 is 0 Å². The molecule has 0 aliphatic carbocycles. The number of amides is 1. The van der Waals surface area contributed by atoms with E-state index in [4.69, 9.17) is 27.9 Å². The van der Waals surface area contributed by atoms with E-state index in [-0.39, 0.29) is 22.4 Å². The van der Waals surface area contributed by atoms with Crippen molar-refractivity contribution in [2.24, 2.45) is 0 Å². The molecule has 4 aromatic rings. The maximum absolute atomic E-state index is 12.6. The standard InChI is InChI=1S/C20H15Cl2N5O2/c1-29-15-5-4-11(7-16(28)25-18-13(21)9-24-10-14(18)22)17-19(15)27-20(26-17)12-3-2-6-23-8-12/h2-6,8-10H,7H2,1H3,(H,26,27)(H,24,25,28). The van der Waals surface area contributed by atoms with Crippen LogP contribution >= 0.6 is 23.2 Å². The normalized spacial score (nSPS) is 10.9. The van der Waals surface area contributed by atoms with Gasteiger partial charge in [0.05, 0.1) is 34.8 Å². The van der Waals surface area contributed by atoms with Gasteiger partial charge in [0.25, 0.3) is 0 Å². The molecule has 0 unspecified atom stereocenters. The van der Waals surface area contributed by atoms with Gasteiger partial charge in [0.15, 0.2) is 0 Å². The average Bonchev–Trinajstić information content (AvgIpc) is 3.18. The molecule has 29 heavy (non-hydrogen) atoms. The Bertz CT molecular complexity index is 1170. The van der Waals surface area contributed by atoms with Crippen molar-refractivity contribution in [3.8, 4) is 17.1 Å². The van der Waals surface area contributed by atoms with Gasteiger partial charge in [-0.2, -0.15) is 0 Å². The lowest BCUT2D eigenvalue weighted by atomic mass is 10.1. The number of rotatable bonds is 5. The van der Waals surface area contributed by atoms with Crippen LogP contribution in [0.5, 0.6) is 5.75 Å². The number of methoxy groups -OCH3 is 1. The lowest BCUT2D eigenvalue weighted by Crippen LogP contribution is -2.15. The number of anilines is 1. The first-order valence-corrected chi connectivity index (χ1v) is 9.37. The van der Waals surface area contributed by atoms with Gasteiger partial charge >= 0.3 is 0 Å². The zero-order chi connectivity index (χ0) is 20.4. The number of pyridine rings is 2. The molecule has 0 bridgehead atoms. The summed E-state index contributed by atoms with van der Waals surface area (Å²) in [5.41, 5.74) is 3.24. The molecule has 0 aliphatic rings. The first kappa shape index (κ1) is 19.2. The van der Waals surface area contributed by atoms with Gasteiger partial charge in [0, 0.05) is 30.4 Å². The van der Waals surface area contributed by atoms with Crippen LogP contribution in [0.2, 0.25) is 10.0 Å². The van der Waals surface area contributed by atoms with Crippen molar-refractivity contribution < 1.29 is 9.53 Å². The maximum Gasteiger partial charge on any atom is 0.228 e. The number of benzene rings is 1. The van der Waals surface area contributed by atoms with Crippen LogP contribution in [-0.2, 0) is 11.2 Å². The number of halogens is 2. The number of nitrogens with zero attached hydrogens (tertiary/aromatic N) is 3. The summed E-state index contributed by atoms with van der Waals surface area (Å²) in [5, 5.41) is 3.27. The lowest BCUT2D eigenvalue weighted by molar-refractivity contribution is -0.115. The van der Waals surface area contributed by atoms with Crippen LogP contribution in [0.15, 0.2) is 49.1 Å². The smallest absolute Gasteiger partial charge is 0.228 e. The first-order chi connectivity index (χ1) is 14.1. The minimum Gasteiger partial charge on any atom is -0.494 e. The fraction of sp³-hybridized carbons (Fsp3) is 0.100. The third-order valence-electron chi connectivity index (χ3n) is 4.31. The molecule has 0 atom stereocenters. The summed E-state index contributed by atoms with van der Waals surface area (Å²) in [6.07, 6.45) is 6.32. The molecule has 0 saturated carbocycles.